The van der Waals surface area contributed by atoms with Crippen LogP contribution in [0.25, 0.3) is 0 Å². The van der Waals surface area contributed by atoms with Crippen LogP contribution >= 0.6 is 0 Å². The number of aliphatic hydroxyl groups excluding tert-OH is 11. The van der Waals surface area contributed by atoms with E-state index in [1.165, 1.54) is 6.92 Å². The van der Waals surface area contributed by atoms with Gasteiger partial charge in [-0.05, 0) is 6.92 Å². The van der Waals surface area contributed by atoms with E-state index in [0.29, 0.717) is 0 Å². The molecule has 0 spiro atoms. The number of halogens is 1. The molecule has 324 valence electrons. The number of aliphatic hydroxyl groups is 11. The molecule has 14 N–H and O–H groups in total. The van der Waals surface area contributed by atoms with E-state index in [9.17, 15) is 80.1 Å². The molecule has 4 aliphatic heterocycles. The fourth-order valence-corrected chi connectivity index (χ4v) is 6.97. The summed E-state index contributed by atoms with van der Waals surface area (Å²) in [6.45, 7) is -0.294. The molecule has 0 saturated carbocycles. The van der Waals surface area contributed by atoms with Crippen molar-refractivity contribution < 1.29 is 113 Å². The highest BCUT2D eigenvalue weighted by Crippen LogP contribution is 2.39. The third-order valence-corrected chi connectivity index (χ3v) is 9.91. The largest absolute Gasteiger partial charge is 0.477 e. The van der Waals surface area contributed by atoms with E-state index >= 15 is 0 Å². The monoisotopic (exact) mass is 822 g/mol. The van der Waals surface area contributed by atoms with E-state index in [1.54, 1.807) is 0 Å². The van der Waals surface area contributed by atoms with Crippen LogP contribution in [-0.4, -0.2) is 227 Å². The van der Waals surface area contributed by atoms with Gasteiger partial charge >= 0.3 is 5.97 Å². The lowest BCUT2D eigenvalue weighted by molar-refractivity contribution is -0.389. The number of carboxylic acid groups (broad SMARTS) is 1. The van der Waals surface area contributed by atoms with Crippen molar-refractivity contribution >= 4 is 17.8 Å². The Hall–Kier alpha value is -2.38. The molecule has 56 heavy (non-hydrogen) atoms. The normalized spacial score (nSPS) is 45.7. The van der Waals surface area contributed by atoms with Gasteiger partial charge in [-0.15, -0.1) is 0 Å². The van der Waals surface area contributed by atoms with Crippen molar-refractivity contribution in [3.05, 3.63) is 0 Å². The molecule has 4 aliphatic rings. The van der Waals surface area contributed by atoms with Crippen LogP contribution in [0.1, 0.15) is 27.2 Å². The number of carboxylic acids is 1. The van der Waals surface area contributed by atoms with Crippen LogP contribution in [-0.2, 0) is 47.5 Å². The maximum atomic E-state index is 14.4. The summed E-state index contributed by atoms with van der Waals surface area (Å²) in [5.74, 6) is -6.79. The summed E-state index contributed by atoms with van der Waals surface area (Å²) in [7, 11) is 0. The SMILES string of the molecule is CC(=O)N[C@H]1[C@H]([C@H](O)[C@H](O)CO)O[C@@](O[C@H]2[C@@H](O)[C@@H](CF)O[C@@H](O[C@H]3[C@H](O[C@@H]4O[C@@H](C)[C@@H](O)[C@@H](O)[C@@H]4O)[C@@H](NC(C)=O)C(O)O[C@@H]3CO)[C@@H]2O)(C(=O)O)C[C@@H]1O. The number of amides is 2. The molecule has 0 aromatic rings. The highest BCUT2D eigenvalue weighted by atomic mass is 19.1. The Balaban J connectivity index is 1.71. The molecule has 0 aromatic heterocycles. The first-order valence-corrected chi connectivity index (χ1v) is 17.5. The Morgan fingerprint density at radius 2 is 1.38 bits per heavy atom. The number of carbonyl (C=O) groups excluding carboxylic acids is 2. The smallest absolute Gasteiger partial charge is 0.364 e. The second-order valence-corrected chi connectivity index (χ2v) is 14.0. The molecule has 4 heterocycles. The van der Waals surface area contributed by atoms with Gasteiger partial charge in [-0.3, -0.25) is 9.59 Å². The van der Waals surface area contributed by atoms with Crippen molar-refractivity contribution in [2.24, 2.45) is 0 Å². The van der Waals surface area contributed by atoms with Gasteiger partial charge in [-0.1, -0.05) is 0 Å². The standard InChI is InChI=1S/C31H51FN2O22/c1-8-17(41)20(44)21(45)28(50-8)54-25-16(34-10(3)38)27(47)51-14(7-36)23(25)53-29-22(46)26(19(43)13(5-32)52-29)56-31(30(48)49)4-11(39)15(33-9(2)37)24(55-31)18(42)12(40)6-35/h8,11-29,35-36,39-47H,4-7H2,1-3H3,(H,33,37)(H,34,38)(H,48,49)/t8-,11-,12+,13+,14+,15+,16+,17+,18+,19-,20+,21-,22+,23+,24+,25+,26-,27?,28-,29-,31-/m0/s1. The second-order valence-electron chi connectivity index (χ2n) is 14.0. The van der Waals surface area contributed by atoms with E-state index in [1.807, 2.05) is 0 Å². The number of rotatable bonds is 14. The minimum Gasteiger partial charge on any atom is -0.477 e. The molecular formula is C31H51FN2O22. The quantitative estimate of drug-likeness (QED) is 0.0773. The van der Waals surface area contributed by atoms with E-state index in [4.69, 9.17) is 33.2 Å². The minimum atomic E-state index is -3.16. The Morgan fingerprint density at radius 3 is 1.93 bits per heavy atom. The van der Waals surface area contributed by atoms with Crippen LogP contribution in [0.4, 0.5) is 4.39 Å². The van der Waals surface area contributed by atoms with Crippen LogP contribution < -0.4 is 10.6 Å². The van der Waals surface area contributed by atoms with Crippen LogP contribution in [0, 0.1) is 0 Å². The van der Waals surface area contributed by atoms with Crippen molar-refractivity contribution in [2.45, 2.75) is 155 Å². The summed E-state index contributed by atoms with van der Waals surface area (Å²) in [5.41, 5.74) is 0. The Labute approximate surface area is 317 Å². The molecule has 0 aliphatic carbocycles. The predicted octanol–water partition coefficient (Wildman–Crippen LogP) is -8.25. The lowest BCUT2D eigenvalue weighted by Crippen LogP contribution is -2.71. The number of carbonyl (C=O) groups is 3. The average molecular weight is 823 g/mol. The fourth-order valence-electron chi connectivity index (χ4n) is 6.97. The summed E-state index contributed by atoms with van der Waals surface area (Å²) in [5, 5.41) is 131. The molecule has 24 nitrogen and oxygen atoms in total. The Morgan fingerprint density at radius 1 is 0.786 bits per heavy atom. The first-order valence-electron chi connectivity index (χ1n) is 17.5. The summed E-state index contributed by atoms with van der Waals surface area (Å²) in [6, 6.07) is -3.27. The van der Waals surface area contributed by atoms with Gasteiger partial charge in [0, 0.05) is 20.3 Å². The van der Waals surface area contributed by atoms with Gasteiger partial charge in [0.1, 0.15) is 92.1 Å². The predicted molar refractivity (Wildman–Crippen MR) is 172 cm³/mol. The number of alkyl halides is 1. The molecule has 21 atom stereocenters. The molecule has 4 fully saturated rings. The third-order valence-electron chi connectivity index (χ3n) is 9.91. The van der Waals surface area contributed by atoms with Crippen molar-refractivity contribution in [1.29, 1.82) is 0 Å². The zero-order chi connectivity index (χ0) is 42.0. The molecule has 4 saturated heterocycles. The molecule has 2 amide bonds. The van der Waals surface area contributed by atoms with Crippen LogP contribution in [0.2, 0.25) is 0 Å². The van der Waals surface area contributed by atoms with Crippen molar-refractivity contribution in [1.82, 2.24) is 10.6 Å². The molecule has 1 unspecified atom stereocenters. The maximum absolute atomic E-state index is 14.4. The average Bonchev–Trinajstić information content (AvgIpc) is 3.14. The molecular weight excluding hydrogens is 771 g/mol. The van der Waals surface area contributed by atoms with E-state index < -0.39 is 172 Å². The van der Waals surface area contributed by atoms with Gasteiger partial charge in [0.05, 0.1) is 31.5 Å². The molecule has 0 bridgehead atoms. The third kappa shape index (κ3) is 9.73. The van der Waals surface area contributed by atoms with Gasteiger partial charge in [0.25, 0.3) is 5.79 Å². The molecule has 25 heteroatoms. The summed E-state index contributed by atoms with van der Waals surface area (Å²) in [4.78, 5) is 36.9. The minimum absolute atomic E-state index is 0.784. The highest BCUT2D eigenvalue weighted by Gasteiger charge is 2.60. The number of hydrogen-bond donors (Lipinski definition) is 14. The number of ether oxygens (including phenoxy) is 7. The van der Waals surface area contributed by atoms with Crippen molar-refractivity contribution in [3.8, 4) is 0 Å². The van der Waals surface area contributed by atoms with E-state index in [-0.39, 0.29) is 0 Å². The zero-order valence-electron chi connectivity index (χ0n) is 30.2. The van der Waals surface area contributed by atoms with Gasteiger partial charge in [0.2, 0.25) is 11.8 Å². The lowest BCUT2D eigenvalue weighted by atomic mass is 9.88. The van der Waals surface area contributed by atoms with Crippen LogP contribution in [0.15, 0.2) is 0 Å². The van der Waals surface area contributed by atoms with E-state index in [0.717, 1.165) is 13.8 Å². The number of aliphatic carboxylic acids is 1. The number of hydrogen-bond acceptors (Lipinski definition) is 21. The number of nitrogens with one attached hydrogen (secondary N) is 2. The first kappa shape index (κ1) is 46.3. The topological polar surface area (TPSA) is 383 Å². The molecule has 0 radical (unpaired) electrons. The second kappa shape index (κ2) is 19.1. The fraction of sp³-hybridized carbons (Fsp3) is 0.903. The Bertz CT molecular complexity index is 1340. The maximum Gasteiger partial charge on any atom is 0.364 e. The van der Waals surface area contributed by atoms with Gasteiger partial charge in [-0.25, -0.2) is 9.18 Å². The first-order chi connectivity index (χ1) is 26.2. The van der Waals surface area contributed by atoms with Gasteiger partial charge in [-0.2, -0.15) is 0 Å². The Kier molecular flexibility index (Phi) is 15.8. The van der Waals surface area contributed by atoms with Gasteiger partial charge < -0.3 is 105 Å². The lowest BCUT2D eigenvalue weighted by Gasteiger charge is -2.51. The summed E-state index contributed by atoms with van der Waals surface area (Å²) >= 11 is 0. The van der Waals surface area contributed by atoms with Gasteiger partial charge in [0.15, 0.2) is 18.9 Å². The summed E-state index contributed by atoms with van der Waals surface area (Å²) < 4.78 is 53.8. The highest BCUT2D eigenvalue weighted by molar-refractivity contribution is 5.76. The zero-order valence-corrected chi connectivity index (χ0v) is 30.2. The van der Waals surface area contributed by atoms with Crippen LogP contribution in [0.5, 0.6) is 0 Å². The van der Waals surface area contributed by atoms with E-state index in [2.05, 4.69) is 10.6 Å². The van der Waals surface area contributed by atoms with Crippen molar-refractivity contribution in [2.75, 3.05) is 19.9 Å². The van der Waals surface area contributed by atoms with Crippen LogP contribution in [0.3, 0.4) is 0 Å². The summed E-state index contributed by atoms with van der Waals surface area (Å²) in [6.07, 6.45) is -36.0. The molecule has 4 rings (SSSR count). The molecule has 0 aromatic carbocycles. The van der Waals surface area contributed by atoms with Crippen molar-refractivity contribution in [3.63, 3.8) is 0 Å².